The summed E-state index contributed by atoms with van der Waals surface area (Å²) in [5.74, 6) is 0.557. The van der Waals surface area contributed by atoms with E-state index in [0.717, 1.165) is 16.8 Å². The maximum absolute atomic E-state index is 6.39. The molecule has 2 N–H and O–H groups in total. The molecule has 1 aliphatic carbocycles. The summed E-state index contributed by atoms with van der Waals surface area (Å²) in [6.07, 6.45) is 0. The average molecular weight is 598 g/mol. The van der Waals surface area contributed by atoms with Crippen molar-refractivity contribution >= 4 is 59.2 Å². The van der Waals surface area contributed by atoms with Crippen LogP contribution in [0.25, 0.3) is 58.8 Å². The second-order valence-corrected chi connectivity index (χ2v) is 13.6. The van der Waals surface area contributed by atoms with Gasteiger partial charge in [0.2, 0.25) is 0 Å². The molecule has 0 saturated carbocycles. The van der Waals surface area contributed by atoms with Crippen molar-refractivity contribution in [1.82, 2.24) is 4.57 Å². The van der Waals surface area contributed by atoms with Gasteiger partial charge in [-0.3, -0.25) is 4.99 Å². The number of nitrogens with zero attached hydrogens (tertiary/aromatic N) is 2. The Bertz CT molecular complexity index is 2490. The first-order chi connectivity index (χ1) is 22.0. The van der Waals surface area contributed by atoms with E-state index in [1.165, 1.54) is 64.2 Å². The molecule has 9 rings (SSSR count). The quantitative estimate of drug-likeness (QED) is 0.159. The number of hydrogen-bond acceptors (Lipinski definition) is 2. The van der Waals surface area contributed by atoms with Gasteiger partial charge in [0.15, 0.2) is 0 Å². The van der Waals surface area contributed by atoms with Crippen molar-refractivity contribution in [3.8, 4) is 16.8 Å². The van der Waals surface area contributed by atoms with Crippen LogP contribution in [0.3, 0.4) is 0 Å². The minimum atomic E-state index is -0.112. The van der Waals surface area contributed by atoms with Gasteiger partial charge in [0, 0.05) is 47.6 Å². The van der Waals surface area contributed by atoms with Gasteiger partial charge in [-0.05, 0) is 52.1 Å². The number of aromatic nitrogens is 1. The van der Waals surface area contributed by atoms with Gasteiger partial charge in [-0.15, -0.1) is 11.3 Å². The molecule has 0 unspecified atom stereocenters. The summed E-state index contributed by atoms with van der Waals surface area (Å²) in [5.41, 5.74) is 17.6. The lowest BCUT2D eigenvalue weighted by Crippen LogP contribution is -2.15. The lowest BCUT2D eigenvalue weighted by Gasteiger charge is -2.22. The van der Waals surface area contributed by atoms with E-state index in [1.54, 1.807) is 0 Å². The minimum Gasteiger partial charge on any atom is -0.383 e. The van der Waals surface area contributed by atoms with E-state index >= 15 is 0 Å². The zero-order chi connectivity index (χ0) is 30.3. The molecule has 0 spiro atoms. The van der Waals surface area contributed by atoms with E-state index in [-0.39, 0.29) is 5.41 Å². The molecule has 8 aromatic rings. The highest BCUT2D eigenvalue weighted by Gasteiger charge is 2.40. The molecule has 2 aromatic heterocycles. The van der Waals surface area contributed by atoms with Crippen molar-refractivity contribution < 1.29 is 0 Å². The van der Waals surface area contributed by atoms with Gasteiger partial charge in [-0.1, -0.05) is 117 Å². The van der Waals surface area contributed by atoms with Crippen molar-refractivity contribution in [3.05, 3.63) is 150 Å². The van der Waals surface area contributed by atoms with Crippen LogP contribution in [-0.2, 0) is 12.0 Å². The smallest absolute Gasteiger partial charge is 0.125 e. The van der Waals surface area contributed by atoms with Crippen LogP contribution in [-0.4, -0.2) is 10.4 Å². The maximum atomic E-state index is 6.39. The minimum absolute atomic E-state index is 0.112. The molecule has 0 aliphatic heterocycles. The standard InChI is InChI=1S/C41H31N3S/c1-41(2)31-20-9-6-17-28(31)34-35-29-18-7-10-21-32(29)44(38(35)36-30-19-8-11-22-33(30)45-39(36)37(34)41)27-16-12-13-25(23-27)24-43-40(42)26-14-4-3-5-15-26/h3-23H,24H2,1-2H3,(H2,42,43). The summed E-state index contributed by atoms with van der Waals surface area (Å²) in [5, 5.41) is 5.28. The second-order valence-electron chi connectivity index (χ2n) is 12.5. The average Bonchev–Trinajstić information content (AvgIpc) is 3.70. The molecule has 0 bridgehead atoms. The van der Waals surface area contributed by atoms with Gasteiger partial charge in [-0.2, -0.15) is 0 Å². The summed E-state index contributed by atoms with van der Waals surface area (Å²) in [6.45, 7) is 5.31. The molecular formula is C41H31N3S. The van der Waals surface area contributed by atoms with Crippen LogP contribution in [0.4, 0.5) is 0 Å². The number of aliphatic imine (C=N–C) groups is 1. The third-order valence-corrected chi connectivity index (χ3v) is 10.8. The van der Waals surface area contributed by atoms with Gasteiger partial charge in [0.25, 0.3) is 0 Å². The Morgan fingerprint density at radius 1 is 0.756 bits per heavy atom. The van der Waals surface area contributed by atoms with E-state index in [0.29, 0.717) is 12.4 Å². The second kappa shape index (κ2) is 9.65. The molecule has 45 heavy (non-hydrogen) atoms. The molecule has 2 heterocycles. The number of benzene rings is 6. The third-order valence-electron chi connectivity index (χ3n) is 9.60. The van der Waals surface area contributed by atoms with Crippen molar-refractivity contribution in [2.24, 2.45) is 10.7 Å². The third kappa shape index (κ3) is 3.73. The Kier molecular flexibility index (Phi) is 5.63. The molecular weight excluding hydrogens is 567 g/mol. The van der Waals surface area contributed by atoms with Gasteiger partial charge < -0.3 is 10.3 Å². The van der Waals surface area contributed by atoms with E-state index < -0.39 is 0 Å². The maximum Gasteiger partial charge on any atom is 0.125 e. The fourth-order valence-electron chi connectivity index (χ4n) is 7.61. The first-order valence-electron chi connectivity index (χ1n) is 15.5. The number of amidine groups is 1. The van der Waals surface area contributed by atoms with Crippen molar-refractivity contribution in [2.45, 2.75) is 25.8 Å². The number of fused-ring (bicyclic) bond motifs is 12. The normalized spacial score (nSPS) is 14.0. The lowest BCUT2D eigenvalue weighted by molar-refractivity contribution is 0.667. The van der Waals surface area contributed by atoms with Crippen LogP contribution in [0.5, 0.6) is 0 Å². The molecule has 0 fully saturated rings. The highest BCUT2D eigenvalue weighted by molar-refractivity contribution is 7.26. The summed E-state index contributed by atoms with van der Waals surface area (Å²) in [7, 11) is 0. The molecule has 0 atom stereocenters. The highest BCUT2D eigenvalue weighted by atomic mass is 32.1. The number of para-hydroxylation sites is 1. The predicted molar refractivity (Wildman–Crippen MR) is 192 cm³/mol. The Morgan fingerprint density at radius 2 is 1.49 bits per heavy atom. The molecule has 0 radical (unpaired) electrons. The van der Waals surface area contributed by atoms with Gasteiger partial charge >= 0.3 is 0 Å². The predicted octanol–water partition coefficient (Wildman–Crippen LogP) is 10.4. The first kappa shape index (κ1) is 26.2. The summed E-state index contributed by atoms with van der Waals surface area (Å²) in [4.78, 5) is 4.77. The zero-order valence-electron chi connectivity index (χ0n) is 25.2. The Labute approximate surface area is 265 Å². The van der Waals surface area contributed by atoms with Crippen molar-refractivity contribution in [2.75, 3.05) is 0 Å². The number of nitrogens with two attached hydrogens (primary N) is 1. The van der Waals surface area contributed by atoms with E-state index in [1.807, 2.05) is 41.7 Å². The van der Waals surface area contributed by atoms with E-state index in [2.05, 4.69) is 115 Å². The summed E-state index contributed by atoms with van der Waals surface area (Å²) >= 11 is 1.94. The van der Waals surface area contributed by atoms with Gasteiger partial charge in [0.05, 0.1) is 17.6 Å². The number of thiophene rings is 1. The molecule has 0 saturated heterocycles. The Hall–Kier alpha value is -5.19. The van der Waals surface area contributed by atoms with Crippen molar-refractivity contribution in [3.63, 3.8) is 0 Å². The van der Waals surface area contributed by atoms with Crippen LogP contribution in [0.15, 0.2) is 132 Å². The molecule has 3 nitrogen and oxygen atoms in total. The molecule has 216 valence electrons. The number of rotatable bonds is 4. The summed E-state index contributed by atoms with van der Waals surface area (Å²) < 4.78 is 5.21. The van der Waals surface area contributed by atoms with Crippen LogP contribution in [0, 0.1) is 0 Å². The van der Waals surface area contributed by atoms with E-state index in [4.69, 9.17) is 10.7 Å². The molecule has 0 amide bonds. The van der Waals surface area contributed by atoms with Crippen LogP contribution < -0.4 is 5.73 Å². The Morgan fingerprint density at radius 3 is 2.36 bits per heavy atom. The SMILES string of the molecule is CC1(C)c2ccccc2-c2c1c1sc3ccccc3c1c1c2c2ccccc2n1-c1cccc(CN=C(N)c2ccccc2)c1. The van der Waals surface area contributed by atoms with Gasteiger partial charge in [0.1, 0.15) is 5.84 Å². The summed E-state index contributed by atoms with van der Waals surface area (Å²) in [6, 6.07) is 45.6. The zero-order valence-corrected chi connectivity index (χ0v) is 26.0. The van der Waals surface area contributed by atoms with E-state index in [9.17, 15) is 0 Å². The Balaban J connectivity index is 1.38. The monoisotopic (exact) mass is 597 g/mol. The van der Waals surface area contributed by atoms with Gasteiger partial charge in [-0.25, -0.2) is 0 Å². The first-order valence-corrected chi connectivity index (χ1v) is 16.3. The molecule has 6 aromatic carbocycles. The largest absolute Gasteiger partial charge is 0.383 e. The van der Waals surface area contributed by atoms with Crippen LogP contribution in [0.1, 0.15) is 36.1 Å². The fraction of sp³-hybridized carbons (Fsp3) is 0.0976. The fourth-order valence-corrected chi connectivity index (χ4v) is 9.02. The highest BCUT2D eigenvalue weighted by Crippen LogP contribution is 2.58. The topological polar surface area (TPSA) is 43.3 Å². The van der Waals surface area contributed by atoms with Crippen molar-refractivity contribution in [1.29, 1.82) is 0 Å². The van der Waals surface area contributed by atoms with Crippen LogP contribution >= 0.6 is 11.3 Å². The molecule has 4 heteroatoms. The number of hydrogen-bond donors (Lipinski definition) is 1. The molecule has 1 aliphatic rings. The van der Waals surface area contributed by atoms with Crippen LogP contribution in [0.2, 0.25) is 0 Å². The lowest BCUT2D eigenvalue weighted by atomic mass is 9.81.